The van der Waals surface area contributed by atoms with Crippen molar-refractivity contribution in [1.82, 2.24) is 4.98 Å². The molecule has 1 atom stereocenters. The Hall–Kier alpha value is -0.670. The lowest BCUT2D eigenvalue weighted by Crippen LogP contribution is -1.86. The molecule has 1 fully saturated rings. The van der Waals surface area contributed by atoms with Crippen molar-refractivity contribution < 1.29 is 4.74 Å². The molecule has 0 amide bonds. The van der Waals surface area contributed by atoms with E-state index in [0.717, 1.165) is 17.3 Å². The third kappa shape index (κ3) is 1.73. The summed E-state index contributed by atoms with van der Waals surface area (Å²) in [4.78, 5) is 4.35. The third-order valence-corrected chi connectivity index (χ3v) is 2.65. The van der Waals surface area contributed by atoms with Crippen LogP contribution in [0, 0.1) is 6.92 Å². The van der Waals surface area contributed by atoms with Crippen molar-refractivity contribution in [2.24, 2.45) is 0 Å². The van der Waals surface area contributed by atoms with Gasteiger partial charge in [-0.15, -0.1) is 11.3 Å². The van der Waals surface area contributed by atoms with Crippen molar-refractivity contribution in [2.45, 2.75) is 20.0 Å². The fourth-order valence-electron chi connectivity index (χ4n) is 1.08. The Morgan fingerprint density at radius 1 is 1.83 bits per heavy atom. The molecule has 2 nitrogen and oxygen atoms in total. The van der Waals surface area contributed by atoms with Crippen LogP contribution in [0.4, 0.5) is 0 Å². The van der Waals surface area contributed by atoms with Crippen LogP contribution in [0.3, 0.4) is 0 Å². The maximum atomic E-state index is 5.16. The molecule has 0 aliphatic carbocycles. The van der Waals surface area contributed by atoms with E-state index < -0.39 is 0 Å². The summed E-state index contributed by atoms with van der Waals surface area (Å²) >= 11 is 1.68. The van der Waals surface area contributed by atoms with Crippen LogP contribution in [0.25, 0.3) is 6.08 Å². The highest BCUT2D eigenvalue weighted by Crippen LogP contribution is 2.21. The van der Waals surface area contributed by atoms with Gasteiger partial charge in [-0.1, -0.05) is 0 Å². The molecule has 0 saturated carbocycles. The van der Waals surface area contributed by atoms with Gasteiger partial charge in [0.15, 0.2) is 0 Å². The summed E-state index contributed by atoms with van der Waals surface area (Å²) in [7, 11) is 0. The second kappa shape index (κ2) is 2.99. The van der Waals surface area contributed by atoms with E-state index in [1.165, 1.54) is 5.57 Å². The molecule has 1 aliphatic rings. The average Bonchev–Trinajstić information content (AvgIpc) is 2.78. The molecule has 64 valence electrons. The highest BCUT2D eigenvalue weighted by molar-refractivity contribution is 7.09. The van der Waals surface area contributed by atoms with Crippen LogP contribution in [-0.4, -0.2) is 17.7 Å². The molecule has 2 heterocycles. The second-order valence-corrected chi connectivity index (χ2v) is 4.06. The first kappa shape index (κ1) is 7.95. The standard InChI is InChI=1S/C9H11NOS/c1-6(9-4-11-9)3-8-5-12-7(2)10-8/h3,5,9H,4H2,1-2H3/b6-3+/t9-/m1/s1. The monoisotopic (exact) mass is 181 g/mol. The van der Waals surface area contributed by atoms with Gasteiger partial charge >= 0.3 is 0 Å². The number of nitrogens with zero attached hydrogens (tertiary/aromatic N) is 1. The smallest absolute Gasteiger partial charge is 0.102 e. The SMILES string of the molecule is C/C(=C\c1csc(C)n1)[C@H]1CO1. The number of aryl methyl sites for hydroxylation is 1. The summed E-state index contributed by atoms with van der Waals surface area (Å²) in [5, 5.41) is 3.19. The van der Waals surface area contributed by atoms with Crippen molar-refractivity contribution in [2.75, 3.05) is 6.61 Å². The van der Waals surface area contributed by atoms with E-state index in [0.29, 0.717) is 6.10 Å². The summed E-state index contributed by atoms with van der Waals surface area (Å²) in [6, 6.07) is 0. The van der Waals surface area contributed by atoms with Crippen LogP contribution >= 0.6 is 11.3 Å². The van der Waals surface area contributed by atoms with Crippen LogP contribution in [0.5, 0.6) is 0 Å². The molecule has 0 aromatic carbocycles. The number of ether oxygens (including phenoxy) is 1. The molecule has 12 heavy (non-hydrogen) atoms. The molecule has 1 aromatic rings. The highest BCUT2D eigenvalue weighted by atomic mass is 32.1. The zero-order chi connectivity index (χ0) is 8.55. The maximum Gasteiger partial charge on any atom is 0.102 e. The Morgan fingerprint density at radius 3 is 3.08 bits per heavy atom. The third-order valence-electron chi connectivity index (χ3n) is 1.85. The van der Waals surface area contributed by atoms with E-state index in [1.54, 1.807) is 11.3 Å². The topological polar surface area (TPSA) is 25.4 Å². The van der Waals surface area contributed by atoms with Gasteiger partial charge in [0.1, 0.15) is 6.10 Å². The van der Waals surface area contributed by atoms with E-state index >= 15 is 0 Å². The number of hydrogen-bond acceptors (Lipinski definition) is 3. The first-order chi connectivity index (χ1) is 5.75. The minimum atomic E-state index is 0.368. The lowest BCUT2D eigenvalue weighted by atomic mass is 10.2. The zero-order valence-electron chi connectivity index (χ0n) is 7.20. The van der Waals surface area contributed by atoms with Gasteiger partial charge in [0.2, 0.25) is 0 Å². The maximum absolute atomic E-state index is 5.16. The Labute approximate surface area is 75.9 Å². The van der Waals surface area contributed by atoms with E-state index in [4.69, 9.17) is 4.74 Å². The van der Waals surface area contributed by atoms with Crippen LogP contribution < -0.4 is 0 Å². The van der Waals surface area contributed by atoms with Gasteiger partial charge in [-0.05, 0) is 25.5 Å². The summed E-state index contributed by atoms with van der Waals surface area (Å²) in [6.45, 7) is 4.99. The van der Waals surface area contributed by atoms with E-state index in [9.17, 15) is 0 Å². The van der Waals surface area contributed by atoms with Gasteiger partial charge in [-0.25, -0.2) is 4.98 Å². The van der Waals surface area contributed by atoms with Crippen LogP contribution in [0.1, 0.15) is 17.6 Å². The van der Waals surface area contributed by atoms with Gasteiger partial charge in [-0.2, -0.15) is 0 Å². The first-order valence-corrected chi connectivity index (χ1v) is 4.85. The van der Waals surface area contributed by atoms with Gasteiger partial charge in [0, 0.05) is 5.38 Å². The summed E-state index contributed by atoms with van der Waals surface area (Å²) in [6.07, 6.45) is 2.47. The number of aromatic nitrogens is 1. The van der Waals surface area contributed by atoms with Crippen molar-refractivity contribution >= 4 is 17.4 Å². The Bertz CT molecular complexity index is 312. The minimum absolute atomic E-state index is 0.368. The lowest BCUT2D eigenvalue weighted by molar-refractivity contribution is 0.432. The van der Waals surface area contributed by atoms with Gasteiger partial charge in [0.25, 0.3) is 0 Å². The quantitative estimate of drug-likeness (QED) is 0.654. The van der Waals surface area contributed by atoms with Gasteiger partial charge in [-0.3, -0.25) is 0 Å². The predicted molar refractivity (Wildman–Crippen MR) is 50.2 cm³/mol. The molecule has 1 aromatic heterocycles. The fraction of sp³-hybridized carbons (Fsp3) is 0.444. The molecule has 1 saturated heterocycles. The molecule has 0 bridgehead atoms. The first-order valence-electron chi connectivity index (χ1n) is 3.97. The molecule has 3 heteroatoms. The van der Waals surface area contributed by atoms with E-state index in [1.807, 2.05) is 6.92 Å². The van der Waals surface area contributed by atoms with E-state index in [-0.39, 0.29) is 0 Å². The highest BCUT2D eigenvalue weighted by Gasteiger charge is 2.24. The van der Waals surface area contributed by atoms with E-state index in [2.05, 4.69) is 23.4 Å². The average molecular weight is 181 g/mol. The second-order valence-electron chi connectivity index (χ2n) is 3.00. The number of thiazole rings is 1. The fourth-order valence-corrected chi connectivity index (χ4v) is 1.65. The molecule has 0 radical (unpaired) electrons. The minimum Gasteiger partial charge on any atom is -0.368 e. The normalized spacial score (nSPS) is 22.8. The molecule has 2 rings (SSSR count). The Morgan fingerprint density at radius 2 is 2.58 bits per heavy atom. The summed E-state index contributed by atoms with van der Waals surface area (Å²) in [5.41, 5.74) is 2.34. The van der Waals surface area contributed by atoms with Crippen molar-refractivity contribution in [3.05, 3.63) is 21.7 Å². The van der Waals surface area contributed by atoms with Crippen LogP contribution in [-0.2, 0) is 4.74 Å². The van der Waals surface area contributed by atoms with Gasteiger partial charge < -0.3 is 4.74 Å². The number of rotatable bonds is 2. The van der Waals surface area contributed by atoms with Crippen molar-refractivity contribution in [1.29, 1.82) is 0 Å². The molecule has 0 unspecified atom stereocenters. The van der Waals surface area contributed by atoms with Crippen LogP contribution in [0.15, 0.2) is 11.0 Å². The lowest BCUT2D eigenvalue weighted by Gasteiger charge is -1.90. The largest absolute Gasteiger partial charge is 0.368 e. The van der Waals surface area contributed by atoms with Crippen molar-refractivity contribution in [3.63, 3.8) is 0 Å². The Kier molecular flexibility index (Phi) is 1.98. The van der Waals surface area contributed by atoms with Crippen molar-refractivity contribution in [3.8, 4) is 0 Å². The molecular formula is C9H11NOS. The van der Waals surface area contributed by atoms with Crippen LogP contribution in [0.2, 0.25) is 0 Å². The molecule has 0 N–H and O–H groups in total. The zero-order valence-corrected chi connectivity index (χ0v) is 8.02. The predicted octanol–water partition coefficient (Wildman–Crippen LogP) is 2.25. The molecule has 1 aliphatic heterocycles. The number of epoxide rings is 1. The molecular weight excluding hydrogens is 170 g/mol. The summed E-state index contributed by atoms with van der Waals surface area (Å²) in [5.74, 6) is 0. The molecule has 0 spiro atoms. The Balaban J connectivity index is 2.15. The van der Waals surface area contributed by atoms with Gasteiger partial charge in [0.05, 0.1) is 17.3 Å². The number of hydrogen-bond donors (Lipinski definition) is 0. The summed E-state index contributed by atoms with van der Waals surface area (Å²) < 4.78 is 5.16.